The van der Waals surface area contributed by atoms with Crippen molar-refractivity contribution in [2.75, 3.05) is 13.1 Å². The Bertz CT molecular complexity index is 42.1. The Morgan fingerprint density at radius 2 is 1.83 bits per heavy atom. The lowest BCUT2D eigenvalue weighted by atomic mass is 10.4. The van der Waals surface area contributed by atoms with Crippen molar-refractivity contribution in [2.24, 2.45) is 0 Å². The van der Waals surface area contributed by atoms with E-state index in [4.69, 9.17) is 0 Å². The molecule has 3 heteroatoms. The van der Waals surface area contributed by atoms with Gasteiger partial charge in [-0.05, 0) is 0 Å². The highest BCUT2D eigenvalue weighted by atomic mass is 19.1. The van der Waals surface area contributed by atoms with Gasteiger partial charge in [-0.25, -0.2) is 4.39 Å². The van der Waals surface area contributed by atoms with Crippen molar-refractivity contribution in [2.45, 2.75) is 6.17 Å². The van der Waals surface area contributed by atoms with Gasteiger partial charge in [0.05, 0.1) is 0 Å². The van der Waals surface area contributed by atoms with Crippen molar-refractivity contribution >= 4 is 0 Å². The summed E-state index contributed by atoms with van der Waals surface area (Å²) in [6.07, 6.45) is -0.676. The molecule has 6 heavy (non-hydrogen) atoms. The molecule has 0 aliphatic carbocycles. The van der Waals surface area contributed by atoms with Gasteiger partial charge in [-0.3, -0.25) is 10.9 Å². The van der Waals surface area contributed by atoms with E-state index in [2.05, 4.69) is 10.9 Å². The van der Waals surface area contributed by atoms with E-state index in [-0.39, 0.29) is 0 Å². The van der Waals surface area contributed by atoms with Crippen LogP contribution in [-0.4, -0.2) is 19.3 Å². The average Bonchev–Trinajstić information content (AvgIpc) is 1.86. The Kier molecular flexibility index (Phi) is 1.03. The minimum atomic E-state index is -0.676. The first kappa shape index (κ1) is 4.02. The van der Waals surface area contributed by atoms with Crippen LogP contribution in [0.2, 0.25) is 0 Å². The second kappa shape index (κ2) is 1.53. The minimum absolute atomic E-state index is 0.458. The van der Waals surface area contributed by atoms with Crippen LogP contribution >= 0.6 is 0 Å². The molecule has 2 nitrogen and oxygen atoms in total. The molecular formula is C3H7FN2. The Morgan fingerprint density at radius 3 is 2.00 bits per heavy atom. The number of hydrogen-bond acceptors (Lipinski definition) is 2. The average molecular weight is 90.1 g/mol. The number of halogens is 1. The first-order chi connectivity index (χ1) is 2.89. The first-order valence-electron chi connectivity index (χ1n) is 1.99. The molecule has 0 amide bonds. The Balaban J connectivity index is 2.18. The van der Waals surface area contributed by atoms with E-state index < -0.39 is 6.17 Å². The second-order valence-corrected chi connectivity index (χ2v) is 1.36. The number of rotatable bonds is 0. The SMILES string of the molecule is FC1CNNC1. The van der Waals surface area contributed by atoms with Crippen LogP contribution < -0.4 is 10.9 Å². The molecule has 0 radical (unpaired) electrons. The maximum Gasteiger partial charge on any atom is 0.128 e. The molecule has 0 unspecified atom stereocenters. The van der Waals surface area contributed by atoms with Crippen LogP contribution in [-0.2, 0) is 0 Å². The molecule has 2 N–H and O–H groups in total. The zero-order valence-electron chi connectivity index (χ0n) is 3.37. The maximum absolute atomic E-state index is 11.8. The molecule has 1 fully saturated rings. The van der Waals surface area contributed by atoms with Gasteiger partial charge in [0.25, 0.3) is 0 Å². The summed E-state index contributed by atoms with van der Waals surface area (Å²) >= 11 is 0. The van der Waals surface area contributed by atoms with Gasteiger partial charge in [-0.15, -0.1) is 0 Å². The van der Waals surface area contributed by atoms with Gasteiger partial charge in [0, 0.05) is 13.1 Å². The molecule has 0 bridgehead atoms. The fraction of sp³-hybridized carbons (Fsp3) is 1.00. The summed E-state index contributed by atoms with van der Waals surface area (Å²) in [6.45, 7) is 0.917. The molecule has 0 atom stereocenters. The van der Waals surface area contributed by atoms with E-state index in [9.17, 15) is 4.39 Å². The van der Waals surface area contributed by atoms with Gasteiger partial charge in [0.15, 0.2) is 0 Å². The van der Waals surface area contributed by atoms with Gasteiger partial charge >= 0.3 is 0 Å². The summed E-state index contributed by atoms with van der Waals surface area (Å²) in [4.78, 5) is 0. The highest BCUT2D eigenvalue weighted by molar-refractivity contribution is 4.65. The van der Waals surface area contributed by atoms with E-state index in [1.165, 1.54) is 0 Å². The Hall–Kier alpha value is -0.150. The maximum atomic E-state index is 11.8. The number of alkyl halides is 1. The first-order valence-corrected chi connectivity index (χ1v) is 1.99. The van der Waals surface area contributed by atoms with E-state index in [0.717, 1.165) is 0 Å². The fourth-order valence-corrected chi connectivity index (χ4v) is 0.438. The molecule has 0 spiro atoms. The van der Waals surface area contributed by atoms with Crippen molar-refractivity contribution in [1.82, 2.24) is 10.9 Å². The van der Waals surface area contributed by atoms with Crippen LogP contribution in [0.1, 0.15) is 0 Å². The third-order valence-corrected chi connectivity index (χ3v) is 0.772. The van der Waals surface area contributed by atoms with Crippen LogP contribution in [0.5, 0.6) is 0 Å². The highest BCUT2D eigenvalue weighted by Crippen LogP contribution is 1.87. The van der Waals surface area contributed by atoms with E-state index in [0.29, 0.717) is 13.1 Å². The van der Waals surface area contributed by atoms with Crippen molar-refractivity contribution < 1.29 is 4.39 Å². The van der Waals surface area contributed by atoms with Crippen molar-refractivity contribution in [3.05, 3.63) is 0 Å². The van der Waals surface area contributed by atoms with Crippen LogP contribution in [0.15, 0.2) is 0 Å². The lowest BCUT2D eigenvalue weighted by molar-refractivity contribution is 0.376. The van der Waals surface area contributed by atoms with Gasteiger partial charge < -0.3 is 0 Å². The van der Waals surface area contributed by atoms with Crippen molar-refractivity contribution in [3.8, 4) is 0 Å². The Morgan fingerprint density at radius 1 is 1.33 bits per heavy atom. The van der Waals surface area contributed by atoms with Gasteiger partial charge in [0.1, 0.15) is 6.17 Å². The number of hydrazine groups is 1. The normalized spacial score (nSPS) is 25.5. The molecule has 1 heterocycles. The van der Waals surface area contributed by atoms with Crippen LogP contribution in [0.3, 0.4) is 0 Å². The summed E-state index contributed by atoms with van der Waals surface area (Å²) in [5.74, 6) is 0. The van der Waals surface area contributed by atoms with E-state index in [1.54, 1.807) is 0 Å². The largest absolute Gasteiger partial charge is 0.255 e. The summed E-state index contributed by atoms with van der Waals surface area (Å²) in [5, 5.41) is 0. The lowest BCUT2D eigenvalue weighted by Crippen LogP contribution is -2.21. The van der Waals surface area contributed by atoms with Crippen molar-refractivity contribution in [3.63, 3.8) is 0 Å². The van der Waals surface area contributed by atoms with Crippen LogP contribution in [0, 0.1) is 0 Å². The monoisotopic (exact) mass is 90.1 g/mol. The Labute approximate surface area is 35.7 Å². The summed E-state index contributed by atoms with van der Waals surface area (Å²) in [5.41, 5.74) is 5.29. The standard InChI is InChI=1S/C3H7FN2/c4-3-1-5-6-2-3/h3,5-6H,1-2H2. The summed E-state index contributed by atoms with van der Waals surface area (Å²) < 4.78 is 11.8. The van der Waals surface area contributed by atoms with Crippen LogP contribution in [0.25, 0.3) is 0 Å². The topological polar surface area (TPSA) is 24.1 Å². The molecule has 0 aromatic heterocycles. The van der Waals surface area contributed by atoms with Gasteiger partial charge in [-0.2, -0.15) is 0 Å². The molecular weight excluding hydrogens is 83.0 g/mol. The molecule has 1 saturated heterocycles. The van der Waals surface area contributed by atoms with Gasteiger partial charge in [-0.1, -0.05) is 0 Å². The third-order valence-electron chi connectivity index (χ3n) is 0.772. The van der Waals surface area contributed by atoms with Gasteiger partial charge in [0.2, 0.25) is 0 Å². The second-order valence-electron chi connectivity index (χ2n) is 1.36. The van der Waals surface area contributed by atoms with E-state index in [1.807, 2.05) is 0 Å². The number of hydrogen-bond donors (Lipinski definition) is 2. The zero-order chi connectivity index (χ0) is 4.41. The third kappa shape index (κ3) is 0.666. The molecule has 0 aromatic carbocycles. The number of nitrogens with one attached hydrogen (secondary N) is 2. The molecule has 36 valence electrons. The van der Waals surface area contributed by atoms with Crippen LogP contribution in [0.4, 0.5) is 4.39 Å². The molecule has 0 aromatic rings. The molecule has 1 aliphatic heterocycles. The summed E-state index contributed by atoms with van der Waals surface area (Å²) in [7, 11) is 0. The van der Waals surface area contributed by atoms with E-state index >= 15 is 0 Å². The lowest BCUT2D eigenvalue weighted by Gasteiger charge is -1.84. The zero-order valence-corrected chi connectivity index (χ0v) is 3.37. The molecule has 0 saturated carbocycles. The summed E-state index contributed by atoms with van der Waals surface area (Å²) in [6, 6.07) is 0. The highest BCUT2D eigenvalue weighted by Gasteiger charge is 2.09. The molecule has 1 rings (SSSR count). The van der Waals surface area contributed by atoms with Crippen molar-refractivity contribution in [1.29, 1.82) is 0 Å². The minimum Gasteiger partial charge on any atom is -0.255 e. The fourth-order valence-electron chi connectivity index (χ4n) is 0.438. The molecule has 1 aliphatic rings. The smallest absolute Gasteiger partial charge is 0.128 e. The predicted octanol–water partition coefficient (Wildman–Crippen LogP) is -0.568. The predicted molar refractivity (Wildman–Crippen MR) is 20.9 cm³/mol. The quantitative estimate of drug-likeness (QED) is 0.416.